The molecule has 0 heterocycles. The van der Waals surface area contributed by atoms with Gasteiger partial charge in [0.15, 0.2) is 17.5 Å². The lowest BCUT2D eigenvalue weighted by Crippen LogP contribution is -2.39. The molecule has 1 aromatic carbocycles. The molecule has 0 bridgehead atoms. The van der Waals surface area contributed by atoms with E-state index in [1.54, 1.807) is 12.1 Å². The van der Waals surface area contributed by atoms with Crippen molar-refractivity contribution in [2.45, 2.75) is 27.3 Å². The number of methoxy groups -OCH3 is 2. The van der Waals surface area contributed by atoms with Gasteiger partial charge in [-0.3, -0.25) is 0 Å². The van der Waals surface area contributed by atoms with E-state index in [2.05, 4.69) is 29.5 Å². The van der Waals surface area contributed by atoms with Crippen LogP contribution in [0, 0.1) is 5.92 Å². The van der Waals surface area contributed by atoms with E-state index in [-0.39, 0.29) is 29.7 Å². The van der Waals surface area contributed by atoms with Crippen LogP contribution in [0.3, 0.4) is 0 Å². The van der Waals surface area contributed by atoms with E-state index in [1.165, 1.54) is 14.2 Å². The van der Waals surface area contributed by atoms with Gasteiger partial charge >= 0.3 is 0 Å². The Labute approximate surface area is 155 Å². The fraction of sp³-hybridized carbons (Fsp3) is 0.562. The zero-order chi connectivity index (χ0) is 16.5. The maximum atomic E-state index is 9.91. The summed E-state index contributed by atoms with van der Waals surface area (Å²) in [5.74, 6) is 2.07. The van der Waals surface area contributed by atoms with Crippen LogP contribution in [0.25, 0.3) is 0 Å². The van der Waals surface area contributed by atoms with Crippen LogP contribution in [0.2, 0.25) is 0 Å². The number of hydrogen-bond donors (Lipinski definition) is 3. The van der Waals surface area contributed by atoms with Crippen molar-refractivity contribution in [3.63, 3.8) is 0 Å². The third-order valence-electron chi connectivity index (χ3n) is 2.98. The monoisotopic (exact) mass is 437 g/mol. The van der Waals surface area contributed by atoms with Crippen LogP contribution in [-0.2, 0) is 6.54 Å². The van der Waals surface area contributed by atoms with Crippen molar-refractivity contribution in [1.82, 2.24) is 10.6 Å². The number of nitrogens with zero attached hydrogens (tertiary/aromatic N) is 1. The van der Waals surface area contributed by atoms with Gasteiger partial charge in [-0.15, -0.1) is 24.0 Å². The van der Waals surface area contributed by atoms with Crippen molar-refractivity contribution < 1.29 is 14.6 Å². The molecule has 7 heteroatoms. The Morgan fingerprint density at radius 1 is 1.17 bits per heavy atom. The molecule has 0 saturated heterocycles. The van der Waals surface area contributed by atoms with Crippen LogP contribution < -0.4 is 20.1 Å². The lowest BCUT2D eigenvalue weighted by atomic mass is 10.2. The Morgan fingerprint density at radius 3 is 2.17 bits per heavy atom. The second kappa shape index (κ2) is 11.2. The predicted octanol–water partition coefficient (Wildman–Crippen LogP) is 2.74. The molecule has 0 aliphatic carbocycles. The fourth-order valence-electron chi connectivity index (χ4n) is 1.85. The number of ether oxygens (including phenoxy) is 2. The summed E-state index contributed by atoms with van der Waals surface area (Å²) in [5.41, 5.74) is 0.897. The second-order valence-electron chi connectivity index (χ2n) is 5.32. The van der Waals surface area contributed by atoms with Crippen LogP contribution in [0.1, 0.15) is 26.3 Å². The quantitative estimate of drug-likeness (QED) is 0.348. The van der Waals surface area contributed by atoms with Crippen LogP contribution in [-0.4, -0.2) is 38.4 Å². The molecule has 0 unspecified atom stereocenters. The average Bonchev–Trinajstić information content (AvgIpc) is 2.50. The van der Waals surface area contributed by atoms with E-state index in [4.69, 9.17) is 9.47 Å². The zero-order valence-electron chi connectivity index (χ0n) is 14.5. The minimum absolute atomic E-state index is 0. The topological polar surface area (TPSA) is 75.1 Å². The second-order valence-corrected chi connectivity index (χ2v) is 5.32. The molecule has 0 fully saturated rings. The molecule has 1 aromatic rings. The molecule has 0 amide bonds. The fourth-order valence-corrected chi connectivity index (χ4v) is 1.85. The maximum Gasteiger partial charge on any atom is 0.200 e. The van der Waals surface area contributed by atoms with Gasteiger partial charge in [0.05, 0.1) is 20.8 Å². The minimum Gasteiger partial charge on any atom is -0.502 e. The van der Waals surface area contributed by atoms with Gasteiger partial charge in [0.1, 0.15) is 0 Å². The Bertz CT molecular complexity index is 482. The van der Waals surface area contributed by atoms with Gasteiger partial charge in [0, 0.05) is 13.1 Å². The van der Waals surface area contributed by atoms with Gasteiger partial charge in [-0.05, 0) is 30.5 Å². The van der Waals surface area contributed by atoms with E-state index in [0.29, 0.717) is 24.0 Å². The minimum atomic E-state index is 0. The van der Waals surface area contributed by atoms with Crippen LogP contribution in [0.5, 0.6) is 17.2 Å². The smallest absolute Gasteiger partial charge is 0.200 e. The number of phenols is 1. The highest BCUT2D eigenvalue weighted by atomic mass is 127. The molecule has 0 aliphatic heterocycles. The summed E-state index contributed by atoms with van der Waals surface area (Å²) in [6, 6.07) is 3.51. The van der Waals surface area contributed by atoms with E-state index in [9.17, 15) is 5.11 Å². The van der Waals surface area contributed by atoms with Gasteiger partial charge < -0.3 is 25.2 Å². The molecular weight excluding hydrogens is 409 g/mol. The molecule has 0 saturated carbocycles. The van der Waals surface area contributed by atoms with Crippen molar-refractivity contribution in [1.29, 1.82) is 0 Å². The van der Waals surface area contributed by atoms with Crippen molar-refractivity contribution >= 4 is 29.9 Å². The first-order valence-electron chi connectivity index (χ1n) is 7.47. The summed E-state index contributed by atoms with van der Waals surface area (Å²) < 4.78 is 10.3. The highest BCUT2D eigenvalue weighted by Gasteiger charge is 2.11. The Kier molecular flexibility index (Phi) is 10.5. The molecular formula is C16H28IN3O3. The Hall–Kier alpha value is -1.38. The predicted molar refractivity (Wildman–Crippen MR) is 104 cm³/mol. The standard InChI is InChI=1S/C16H27N3O3.HI/c1-6-17-16(18-9-11(2)3)19-10-12-7-13(21-4)15(20)14(8-12)22-5;/h7-8,11,20H,6,9-10H2,1-5H3,(H2,17,18,19);1H. The lowest BCUT2D eigenvalue weighted by molar-refractivity contribution is 0.339. The van der Waals surface area contributed by atoms with Crippen molar-refractivity contribution in [2.24, 2.45) is 10.9 Å². The first-order valence-corrected chi connectivity index (χ1v) is 7.47. The summed E-state index contributed by atoms with van der Waals surface area (Å²) in [6.07, 6.45) is 0. The third kappa shape index (κ3) is 7.15. The molecule has 23 heavy (non-hydrogen) atoms. The summed E-state index contributed by atoms with van der Waals surface area (Å²) >= 11 is 0. The van der Waals surface area contributed by atoms with E-state index < -0.39 is 0 Å². The van der Waals surface area contributed by atoms with Gasteiger partial charge in [0.2, 0.25) is 5.75 Å². The number of guanidine groups is 1. The highest BCUT2D eigenvalue weighted by Crippen LogP contribution is 2.37. The van der Waals surface area contributed by atoms with Gasteiger partial charge in [0.25, 0.3) is 0 Å². The molecule has 0 aromatic heterocycles. The molecule has 1 rings (SSSR count). The maximum absolute atomic E-state index is 9.91. The van der Waals surface area contributed by atoms with E-state index >= 15 is 0 Å². The molecule has 0 radical (unpaired) electrons. The third-order valence-corrected chi connectivity index (χ3v) is 2.98. The normalized spacial score (nSPS) is 11.0. The van der Waals surface area contributed by atoms with Gasteiger partial charge in [-0.1, -0.05) is 13.8 Å². The summed E-state index contributed by atoms with van der Waals surface area (Å²) in [5, 5.41) is 16.4. The molecule has 6 nitrogen and oxygen atoms in total. The van der Waals surface area contributed by atoms with E-state index in [1.807, 2.05) is 6.92 Å². The molecule has 0 aliphatic rings. The van der Waals surface area contributed by atoms with Crippen LogP contribution in [0.15, 0.2) is 17.1 Å². The number of aromatic hydroxyl groups is 1. The van der Waals surface area contributed by atoms with Crippen molar-refractivity contribution in [3.8, 4) is 17.2 Å². The first-order chi connectivity index (χ1) is 10.5. The number of hydrogen-bond acceptors (Lipinski definition) is 4. The number of nitrogens with one attached hydrogen (secondary N) is 2. The van der Waals surface area contributed by atoms with Gasteiger partial charge in [-0.25, -0.2) is 4.99 Å². The van der Waals surface area contributed by atoms with Crippen molar-refractivity contribution in [2.75, 3.05) is 27.3 Å². The lowest BCUT2D eigenvalue weighted by Gasteiger charge is -2.14. The number of rotatable bonds is 7. The molecule has 132 valence electrons. The summed E-state index contributed by atoms with van der Waals surface area (Å²) in [6.45, 7) is 8.43. The first kappa shape index (κ1) is 21.6. The summed E-state index contributed by atoms with van der Waals surface area (Å²) in [7, 11) is 3.02. The van der Waals surface area contributed by atoms with Crippen LogP contribution in [0.4, 0.5) is 0 Å². The number of benzene rings is 1. The van der Waals surface area contributed by atoms with Crippen molar-refractivity contribution in [3.05, 3.63) is 17.7 Å². The number of phenolic OH excluding ortho intramolecular Hbond substituents is 1. The Morgan fingerprint density at radius 2 is 1.74 bits per heavy atom. The Balaban J connectivity index is 0.00000484. The van der Waals surface area contributed by atoms with Gasteiger partial charge in [-0.2, -0.15) is 0 Å². The largest absolute Gasteiger partial charge is 0.502 e. The average molecular weight is 437 g/mol. The van der Waals surface area contributed by atoms with E-state index in [0.717, 1.165) is 24.6 Å². The van der Waals surface area contributed by atoms with Crippen LogP contribution >= 0.6 is 24.0 Å². The SMILES string of the molecule is CCNC(=NCc1cc(OC)c(O)c(OC)c1)NCC(C)C.I. The summed E-state index contributed by atoms with van der Waals surface area (Å²) in [4.78, 5) is 4.54. The molecule has 0 atom stereocenters. The highest BCUT2D eigenvalue weighted by molar-refractivity contribution is 14.0. The number of aliphatic imine (C=N–C) groups is 1. The molecule has 0 spiro atoms. The number of halogens is 1. The zero-order valence-corrected chi connectivity index (χ0v) is 16.8. The molecule has 3 N–H and O–H groups in total.